The summed E-state index contributed by atoms with van der Waals surface area (Å²) in [4.78, 5) is 0. The Labute approximate surface area is 88.2 Å². The third-order valence-corrected chi connectivity index (χ3v) is 3.03. The highest BCUT2D eigenvalue weighted by atomic mass is 35.5. The lowest BCUT2D eigenvalue weighted by Gasteiger charge is -2.16. The van der Waals surface area contributed by atoms with E-state index in [1.165, 1.54) is 0 Å². The van der Waals surface area contributed by atoms with Gasteiger partial charge in [-0.15, -0.1) is 0 Å². The minimum absolute atomic E-state index is 0.242. The van der Waals surface area contributed by atoms with Gasteiger partial charge >= 0.3 is 0 Å². The zero-order chi connectivity index (χ0) is 10.1. The zero-order valence-electron chi connectivity index (χ0n) is 8.33. The lowest BCUT2D eigenvalue weighted by molar-refractivity contribution is 0.121. The molecule has 0 amide bonds. The van der Waals surface area contributed by atoms with Crippen LogP contribution in [0.15, 0.2) is 6.20 Å². The third kappa shape index (κ3) is 1.72. The van der Waals surface area contributed by atoms with E-state index in [0.717, 1.165) is 18.7 Å². The van der Waals surface area contributed by atoms with E-state index in [9.17, 15) is 0 Å². The molecule has 0 radical (unpaired) electrons. The number of halogens is 1. The van der Waals surface area contributed by atoms with Crippen molar-refractivity contribution in [3.63, 3.8) is 0 Å². The van der Waals surface area contributed by atoms with Gasteiger partial charge in [0.05, 0.1) is 24.0 Å². The predicted octanol–water partition coefficient (Wildman–Crippen LogP) is 1.66. The lowest BCUT2D eigenvalue weighted by atomic mass is 10.1. The minimum Gasteiger partial charge on any atom is -0.376 e. The minimum atomic E-state index is 0.242. The summed E-state index contributed by atoms with van der Waals surface area (Å²) >= 11 is 6.03. The fourth-order valence-electron chi connectivity index (χ4n) is 1.64. The average Bonchev–Trinajstić information content (AvgIpc) is 2.68. The monoisotopic (exact) mass is 215 g/mol. The molecule has 78 valence electrons. The van der Waals surface area contributed by atoms with Crippen molar-refractivity contribution in [2.75, 3.05) is 11.9 Å². The van der Waals surface area contributed by atoms with Crippen molar-refractivity contribution in [3.05, 3.63) is 11.3 Å². The number of anilines is 1. The van der Waals surface area contributed by atoms with Crippen LogP contribution in [-0.2, 0) is 11.8 Å². The zero-order valence-corrected chi connectivity index (χ0v) is 9.08. The van der Waals surface area contributed by atoms with Crippen molar-refractivity contribution in [3.8, 4) is 0 Å². The molecule has 0 bridgehead atoms. The van der Waals surface area contributed by atoms with Crippen LogP contribution in [0.1, 0.15) is 13.3 Å². The van der Waals surface area contributed by atoms with Gasteiger partial charge in [0.1, 0.15) is 5.15 Å². The smallest absolute Gasteiger partial charge is 0.149 e. The molecule has 0 aliphatic carbocycles. The number of aryl methyl sites for hydroxylation is 1. The highest BCUT2D eigenvalue weighted by molar-refractivity contribution is 6.32. The van der Waals surface area contributed by atoms with Gasteiger partial charge in [-0.1, -0.05) is 11.6 Å². The first-order valence-electron chi connectivity index (χ1n) is 4.74. The molecule has 1 aliphatic rings. The molecule has 0 saturated carbocycles. The molecule has 2 heterocycles. The standard InChI is InChI=1S/C9H14ClN3O/c1-6-7(3-4-14-6)12-8-5-11-13(2)9(8)10/h5-7,12H,3-4H2,1-2H3. The molecule has 2 rings (SSSR count). The number of nitrogens with zero attached hydrogens (tertiary/aromatic N) is 2. The molecule has 0 spiro atoms. The van der Waals surface area contributed by atoms with E-state index < -0.39 is 0 Å². The summed E-state index contributed by atoms with van der Waals surface area (Å²) in [6, 6.07) is 0.344. The van der Waals surface area contributed by atoms with Crippen LogP contribution < -0.4 is 5.32 Å². The summed E-state index contributed by atoms with van der Waals surface area (Å²) in [6.07, 6.45) is 3.01. The van der Waals surface area contributed by atoms with E-state index >= 15 is 0 Å². The first-order valence-corrected chi connectivity index (χ1v) is 5.12. The first-order chi connectivity index (χ1) is 6.68. The van der Waals surface area contributed by atoms with Gasteiger partial charge in [0.25, 0.3) is 0 Å². The van der Waals surface area contributed by atoms with Gasteiger partial charge < -0.3 is 10.1 Å². The van der Waals surface area contributed by atoms with Gasteiger partial charge in [-0.05, 0) is 13.3 Å². The van der Waals surface area contributed by atoms with E-state index in [2.05, 4.69) is 17.3 Å². The lowest BCUT2D eigenvalue weighted by Crippen LogP contribution is -2.26. The van der Waals surface area contributed by atoms with Crippen LogP contribution in [0, 0.1) is 0 Å². The van der Waals surface area contributed by atoms with Crippen molar-refractivity contribution in [2.45, 2.75) is 25.5 Å². The molecule has 2 unspecified atom stereocenters. The van der Waals surface area contributed by atoms with Gasteiger partial charge in [0.2, 0.25) is 0 Å². The molecular formula is C9H14ClN3O. The number of ether oxygens (including phenoxy) is 1. The highest BCUT2D eigenvalue weighted by Gasteiger charge is 2.24. The van der Waals surface area contributed by atoms with Gasteiger partial charge in [-0.3, -0.25) is 4.68 Å². The summed E-state index contributed by atoms with van der Waals surface area (Å²) < 4.78 is 7.09. The second kappa shape index (κ2) is 3.79. The molecule has 5 heteroatoms. The Morgan fingerprint density at radius 2 is 2.50 bits per heavy atom. The van der Waals surface area contributed by atoms with Gasteiger partial charge in [-0.25, -0.2) is 0 Å². The highest BCUT2D eigenvalue weighted by Crippen LogP contribution is 2.24. The van der Waals surface area contributed by atoms with E-state index in [0.29, 0.717) is 11.2 Å². The van der Waals surface area contributed by atoms with Gasteiger partial charge in [0, 0.05) is 13.7 Å². The second-order valence-electron chi connectivity index (χ2n) is 3.59. The fourth-order valence-corrected chi connectivity index (χ4v) is 1.79. The molecule has 2 atom stereocenters. The molecule has 14 heavy (non-hydrogen) atoms. The van der Waals surface area contributed by atoms with Crippen molar-refractivity contribution in [1.29, 1.82) is 0 Å². The summed E-state index contributed by atoms with van der Waals surface area (Å²) in [7, 11) is 1.82. The van der Waals surface area contributed by atoms with E-state index in [1.807, 2.05) is 7.05 Å². The maximum Gasteiger partial charge on any atom is 0.149 e. The maximum absolute atomic E-state index is 6.03. The molecule has 1 saturated heterocycles. The summed E-state index contributed by atoms with van der Waals surface area (Å²) in [5, 5.41) is 8.05. The number of rotatable bonds is 2. The van der Waals surface area contributed by atoms with Crippen LogP contribution in [0.25, 0.3) is 0 Å². The van der Waals surface area contributed by atoms with Crippen LogP contribution in [0.3, 0.4) is 0 Å². The molecule has 1 aromatic heterocycles. The number of aromatic nitrogens is 2. The molecule has 0 aromatic carbocycles. The van der Waals surface area contributed by atoms with Crippen LogP contribution in [0.2, 0.25) is 5.15 Å². The maximum atomic E-state index is 6.03. The SMILES string of the molecule is CC1OCCC1Nc1cnn(C)c1Cl. The third-order valence-electron chi connectivity index (χ3n) is 2.58. The Bertz CT molecular complexity index is 326. The first kappa shape index (κ1) is 9.80. The molecule has 1 fully saturated rings. The number of nitrogens with one attached hydrogen (secondary N) is 1. The molecular weight excluding hydrogens is 202 g/mol. The van der Waals surface area contributed by atoms with Crippen molar-refractivity contribution in [2.24, 2.45) is 7.05 Å². The van der Waals surface area contributed by atoms with E-state index in [1.54, 1.807) is 10.9 Å². The second-order valence-corrected chi connectivity index (χ2v) is 3.95. The molecule has 1 N–H and O–H groups in total. The number of hydrogen-bond donors (Lipinski definition) is 1. The quantitative estimate of drug-likeness (QED) is 0.816. The average molecular weight is 216 g/mol. The Balaban J connectivity index is 2.07. The van der Waals surface area contributed by atoms with Crippen molar-refractivity contribution >= 4 is 17.3 Å². The molecule has 1 aliphatic heterocycles. The summed E-state index contributed by atoms with van der Waals surface area (Å²) in [6.45, 7) is 2.88. The van der Waals surface area contributed by atoms with Crippen LogP contribution in [-0.4, -0.2) is 28.5 Å². The Kier molecular flexibility index (Phi) is 2.65. The predicted molar refractivity (Wildman–Crippen MR) is 55.7 cm³/mol. The number of hydrogen-bond acceptors (Lipinski definition) is 3. The molecule has 4 nitrogen and oxygen atoms in total. The van der Waals surface area contributed by atoms with Crippen LogP contribution in [0.5, 0.6) is 0 Å². The van der Waals surface area contributed by atoms with Gasteiger partial charge in [-0.2, -0.15) is 5.10 Å². The Hall–Kier alpha value is -0.740. The van der Waals surface area contributed by atoms with Crippen molar-refractivity contribution in [1.82, 2.24) is 9.78 Å². The van der Waals surface area contributed by atoms with Crippen LogP contribution in [0.4, 0.5) is 5.69 Å². The largest absolute Gasteiger partial charge is 0.376 e. The summed E-state index contributed by atoms with van der Waals surface area (Å²) in [5.74, 6) is 0. The fraction of sp³-hybridized carbons (Fsp3) is 0.667. The van der Waals surface area contributed by atoms with Gasteiger partial charge in [0.15, 0.2) is 0 Å². The topological polar surface area (TPSA) is 39.1 Å². The van der Waals surface area contributed by atoms with E-state index in [4.69, 9.17) is 16.3 Å². The Morgan fingerprint density at radius 1 is 1.71 bits per heavy atom. The normalized spacial score (nSPS) is 26.8. The van der Waals surface area contributed by atoms with E-state index in [-0.39, 0.29) is 6.10 Å². The summed E-state index contributed by atoms with van der Waals surface area (Å²) in [5.41, 5.74) is 0.886. The van der Waals surface area contributed by atoms with Crippen LogP contribution >= 0.6 is 11.6 Å². The Morgan fingerprint density at radius 3 is 3.00 bits per heavy atom. The van der Waals surface area contributed by atoms with Crippen molar-refractivity contribution < 1.29 is 4.74 Å². The molecule has 1 aromatic rings.